The molecule has 1 aromatic heterocycles. The number of pyridine rings is 1. The number of nitrogens with zero attached hydrogens (tertiary/aromatic N) is 1. The maximum Gasteiger partial charge on any atom is 0.251 e. The van der Waals surface area contributed by atoms with Gasteiger partial charge in [0.1, 0.15) is 5.82 Å². The summed E-state index contributed by atoms with van der Waals surface area (Å²) in [6.07, 6.45) is 0.481. The largest absolute Gasteiger partial charge is 0.378 e. The topological polar surface area (TPSA) is 74.4 Å². The summed E-state index contributed by atoms with van der Waals surface area (Å²) in [6.45, 7) is 3.05. The molecule has 0 unspecified atom stereocenters. The van der Waals surface area contributed by atoms with Crippen LogP contribution in [0.2, 0.25) is 0 Å². The average molecular weight is 395 g/mol. The Kier molecular flexibility index (Phi) is 5.57. The summed E-state index contributed by atoms with van der Waals surface area (Å²) in [6, 6.07) is 13.7. The van der Waals surface area contributed by atoms with Gasteiger partial charge in [-0.3, -0.25) is 9.59 Å². The third-order valence-corrected chi connectivity index (χ3v) is 5.01. The van der Waals surface area contributed by atoms with E-state index >= 15 is 0 Å². The quantitative estimate of drug-likeness (QED) is 0.696. The highest BCUT2D eigenvalue weighted by Crippen LogP contribution is 2.21. The van der Waals surface area contributed by atoms with Crippen LogP contribution in [0.1, 0.15) is 12.0 Å². The Morgan fingerprint density at radius 1 is 1.14 bits per heavy atom. The smallest absolute Gasteiger partial charge is 0.251 e. The standard InChI is InChI=1S/C22H22FN3O3/c23-17-6-4-15-12-16(22(28)25-20(15)13-17)5-7-21(27)24-18-2-1-3-19(14-18)26-8-10-29-11-9-26/h1-4,6,12-14H,5,7-11H2,(H,24,27)(H,25,28). The second kappa shape index (κ2) is 8.45. The van der Waals surface area contributed by atoms with Crippen molar-refractivity contribution in [1.29, 1.82) is 0 Å². The zero-order chi connectivity index (χ0) is 20.2. The van der Waals surface area contributed by atoms with Crippen molar-refractivity contribution in [1.82, 2.24) is 4.98 Å². The maximum atomic E-state index is 13.3. The van der Waals surface area contributed by atoms with Crippen molar-refractivity contribution in [3.63, 3.8) is 0 Å². The van der Waals surface area contributed by atoms with Gasteiger partial charge < -0.3 is 19.9 Å². The number of fused-ring (bicyclic) bond motifs is 1. The molecule has 150 valence electrons. The molecule has 0 bridgehead atoms. The van der Waals surface area contributed by atoms with Crippen LogP contribution >= 0.6 is 0 Å². The lowest BCUT2D eigenvalue weighted by Gasteiger charge is -2.29. The highest BCUT2D eigenvalue weighted by atomic mass is 19.1. The van der Waals surface area contributed by atoms with Crippen molar-refractivity contribution in [2.45, 2.75) is 12.8 Å². The van der Waals surface area contributed by atoms with Gasteiger partial charge in [0.25, 0.3) is 5.56 Å². The van der Waals surface area contributed by atoms with Crippen LogP contribution in [0.25, 0.3) is 10.9 Å². The number of H-pyrrole nitrogens is 1. The fraction of sp³-hybridized carbons (Fsp3) is 0.273. The number of nitrogens with one attached hydrogen (secondary N) is 2. The van der Waals surface area contributed by atoms with Crippen molar-refractivity contribution in [3.05, 3.63) is 70.3 Å². The summed E-state index contributed by atoms with van der Waals surface area (Å²) < 4.78 is 18.7. The van der Waals surface area contributed by atoms with Crippen molar-refractivity contribution in [3.8, 4) is 0 Å². The van der Waals surface area contributed by atoms with Gasteiger partial charge in [0.15, 0.2) is 0 Å². The molecule has 2 aromatic carbocycles. The summed E-state index contributed by atoms with van der Waals surface area (Å²) in [4.78, 5) is 29.5. The van der Waals surface area contributed by atoms with Crippen molar-refractivity contribution in [2.24, 2.45) is 0 Å². The molecule has 3 aromatic rings. The minimum atomic E-state index is -0.403. The summed E-state index contributed by atoms with van der Waals surface area (Å²) in [5.74, 6) is -0.567. The minimum absolute atomic E-state index is 0.164. The molecule has 1 amide bonds. The minimum Gasteiger partial charge on any atom is -0.378 e. The Morgan fingerprint density at radius 2 is 1.97 bits per heavy atom. The molecule has 2 heterocycles. The van der Waals surface area contributed by atoms with E-state index in [1.165, 1.54) is 12.1 Å². The normalized spacial score (nSPS) is 14.2. The van der Waals surface area contributed by atoms with Gasteiger partial charge in [0, 0.05) is 36.4 Å². The molecule has 7 heteroatoms. The number of carbonyl (C=O) groups is 1. The Labute approximate surface area is 167 Å². The summed E-state index contributed by atoms with van der Waals surface area (Å²) in [5.41, 5.74) is 2.42. The monoisotopic (exact) mass is 395 g/mol. The molecule has 29 heavy (non-hydrogen) atoms. The molecular weight excluding hydrogens is 373 g/mol. The van der Waals surface area contributed by atoms with Gasteiger partial charge in [-0.25, -0.2) is 4.39 Å². The van der Waals surface area contributed by atoms with Crippen LogP contribution in [0.5, 0.6) is 0 Å². The predicted molar refractivity (Wildman–Crippen MR) is 111 cm³/mol. The molecule has 0 radical (unpaired) electrons. The fourth-order valence-electron chi connectivity index (χ4n) is 3.48. The van der Waals surface area contributed by atoms with E-state index in [9.17, 15) is 14.0 Å². The lowest BCUT2D eigenvalue weighted by Crippen LogP contribution is -2.36. The van der Waals surface area contributed by atoms with E-state index in [2.05, 4.69) is 15.2 Å². The molecule has 6 nitrogen and oxygen atoms in total. The third kappa shape index (κ3) is 4.63. The summed E-state index contributed by atoms with van der Waals surface area (Å²) in [5, 5.41) is 3.63. The van der Waals surface area contributed by atoms with E-state index < -0.39 is 5.82 Å². The molecule has 0 atom stereocenters. The number of benzene rings is 2. The number of aromatic nitrogens is 1. The molecule has 0 aliphatic carbocycles. The molecule has 1 fully saturated rings. The van der Waals surface area contributed by atoms with Gasteiger partial charge >= 0.3 is 0 Å². The first-order valence-electron chi connectivity index (χ1n) is 9.62. The summed E-state index contributed by atoms with van der Waals surface area (Å²) >= 11 is 0. The van der Waals surface area contributed by atoms with E-state index in [-0.39, 0.29) is 17.9 Å². The molecule has 4 rings (SSSR count). The Hall–Kier alpha value is -3.19. The van der Waals surface area contributed by atoms with E-state index in [1.807, 2.05) is 24.3 Å². The van der Waals surface area contributed by atoms with Gasteiger partial charge in [-0.1, -0.05) is 6.07 Å². The lowest BCUT2D eigenvalue weighted by atomic mass is 10.1. The van der Waals surface area contributed by atoms with Crippen molar-refractivity contribution in [2.75, 3.05) is 36.5 Å². The number of anilines is 2. The number of hydrogen-bond donors (Lipinski definition) is 2. The van der Waals surface area contributed by atoms with E-state index in [4.69, 9.17) is 4.74 Å². The lowest BCUT2D eigenvalue weighted by molar-refractivity contribution is -0.116. The second-order valence-electron chi connectivity index (χ2n) is 7.05. The number of morpholine rings is 1. The third-order valence-electron chi connectivity index (χ3n) is 5.01. The highest BCUT2D eigenvalue weighted by molar-refractivity contribution is 5.91. The van der Waals surface area contributed by atoms with Crippen LogP contribution in [0, 0.1) is 5.82 Å². The zero-order valence-corrected chi connectivity index (χ0v) is 15.9. The Balaban J connectivity index is 1.40. The fourth-order valence-corrected chi connectivity index (χ4v) is 3.48. The van der Waals surface area contributed by atoms with Gasteiger partial charge in [-0.15, -0.1) is 0 Å². The summed E-state index contributed by atoms with van der Waals surface area (Å²) in [7, 11) is 0. The SMILES string of the molecule is O=C(CCc1cc2ccc(F)cc2[nH]c1=O)Nc1cccc(N2CCOCC2)c1. The van der Waals surface area contributed by atoms with Gasteiger partial charge in [-0.05, 0) is 54.3 Å². The number of aryl methyl sites for hydroxylation is 1. The van der Waals surface area contributed by atoms with Crippen LogP contribution in [0.4, 0.5) is 15.8 Å². The van der Waals surface area contributed by atoms with Crippen molar-refractivity contribution < 1.29 is 13.9 Å². The Morgan fingerprint density at radius 3 is 2.79 bits per heavy atom. The van der Waals surface area contributed by atoms with E-state index in [0.29, 0.717) is 30.7 Å². The molecule has 0 spiro atoms. The number of amides is 1. The van der Waals surface area contributed by atoms with Gasteiger partial charge in [-0.2, -0.15) is 0 Å². The zero-order valence-electron chi connectivity index (χ0n) is 15.9. The number of aromatic amines is 1. The van der Waals surface area contributed by atoms with Gasteiger partial charge in [0.2, 0.25) is 5.91 Å². The van der Waals surface area contributed by atoms with Crippen LogP contribution in [-0.4, -0.2) is 37.2 Å². The van der Waals surface area contributed by atoms with Crippen LogP contribution in [0.15, 0.2) is 53.3 Å². The predicted octanol–water partition coefficient (Wildman–Crippen LogP) is 3.08. The van der Waals surface area contributed by atoms with Crippen molar-refractivity contribution >= 4 is 28.2 Å². The number of hydrogen-bond acceptors (Lipinski definition) is 4. The molecule has 1 saturated heterocycles. The average Bonchev–Trinajstić information content (AvgIpc) is 2.73. The molecule has 2 N–H and O–H groups in total. The maximum absolute atomic E-state index is 13.3. The number of carbonyl (C=O) groups excluding carboxylic acids is 1. The first kappa shape index (κ1) is 19.1. The molecular formula is C22H22FN3O3. The first-order chi connectivity index (χ1) is 14.1. The van der Waals surface area contributed by atoms with E-state index in [1.54, 1.807) is 12.1 Å². The second-order valence-corrected chi connectivity index (χ2v) is 7.05. The highest BCUT2D eigenvalue weighted by Gasteiger charge is 2.12. The van der Waals surface area contributed by atoms with Crippen LogP contribution < -0.4 is 15.8 Å². The first-order valence-corrected chi connectivity index (χ1v) is 9.62. The Bertz CT molecular complexity index is 1090. The molecule has 1 aliphatic rings. The van der Waals surface area contributed by atoms with E-state index in [0.717, 1.165) is 29.9 Å². The van der Waals surface area contributed by atoms with Gasteiger partial charge in [0.05, 0.1) is 18.7 Å². The number of ether oxygens (including phenoxy) is 1. The number of halogens is 1. The molecule has 0 saturated carbocycles. The van der Waals surface area contributed by atoms with Crippen LogP contribution in [-0.2, 0) is 16.0 Å². The van der Waals surface area contributed by atoms with Crippen LogP contribution in [0.3, 0.4) is 0 Å². The number of rotatable bonds is 5. The molecule has 1 aliphatic heterocycles.